The first-order valence-electron chi connectivity index (χ1n) is 22.3. The van der Waals surface area contributed by atoms with E-state index in [0.29, 0.717) is 37.7 Å². The zero-order chi connectivity index (χ0) is 46.1. The fourth-order valence-corrected chi connectivity index (χ4v) is 8.11. The number of likely N-dealkylation sites (tertiary alicyclic amines) is 2. The van der Waals surface area contributed by atoms with Crippen LogP contribution in [-0.4, -0.2) is 84.1 Å². The van der Waals surface area contributed by atoms with Gasteiger partial charge in [0.05, 0.1) is 23.5 Å². The Morgan fingerprint density at radius 2 is 0.879 bits per heavy atom. The predicted molar refractivity (Wildman–Crippen MR) is 243 cm³/mol. The number of hydrogen-bond donors (Lipinski definition) is 2. The molecule has 0 spiro atoms. The molecule has 14 heteroatoms. The fraction of sp³-hybridized carbons (Fsp3) is 0.308. The number of nitrogens with one attached hydrogen (secondary N) is 2. The average molecular weight is 903 g/mol. The lowest BCUT2D eigenvalue weighted by Crippen LogP contribution is -2.43. The van der Waals surface area contributed by atoms with Crippen molar-refractivity contribution < 1.29 is 36.6 Å². The maximum absolute atomic E-state index is 13.7. The minimum Gasteiger partial charge on any atom is -0.489 e. The summed E-state index contributed by atoms with van der Waals surface area (Å²) in [5.41, 5.74) is 2.98. The van der Waals surface area contributed by atoms with E-state index in [-0.39, 0.29) is 58.4 Å². The molecule has 4 heterocycles. The maximum Gasteiger partial charge on any atom is 0.224 e. The van der Waals surface area contributed by atoms with Crippen LogP contribution in [0.1, 0.15) is 60.3 Å². The van der Waals surface area contributed by atoms with Crippen molar-refractivity contribution in [3.05, 3.63) is 192 Å². The Morgan fingerprint density at radius 3 is 1.23 bits per heavy atom. The molecule has 2 amide bonds. The SMILES string of the molecule is O=C(NC(c1ccc(F)cc1)c1ccccn1)C1CCN(CCOc2ccccc2F)CC1.O=C(NC(c1ccc(F)cc1)c1ccccn1)C1CCN(CCOc2ccccc2F)CC1. The molecule has 8 rings (SSSR count). The Hall–Kier alpha value is -6.64. The summed E-state index contributed by atoms with van der Waals surface area (Å²) in [6.07, 6.45) is 6.27. The summed E-state index contributed by atoms with van der Waals surface area (Å²) in [6.45, 7) is 5.21. The highest BCUT2D eigenvalue weighted by Gasteiger charge is 2.29. The first-order chi connectivity index (χ1) is 32.2. The fourth-order valence-electron chi connectivity index (χ4n) is 8.11. The number of carbonyl (C=O) groups is 2. The van der Waals surface area contributed by atoms with Gasteiger partial charge in [0, 0.05) is 37.3 Å². The van der Waals surface area contributed by atoms with Crippen molar-refractivity contribution in [2.45, 2.75) is 37.8 Å². The third-order valence-electron chi connectivity index (χ3n) is 11.9. The van der Waals surface area contributed by atoms with E-state index in [1.54, 1.807) is 73.1 Å². The molecule has 6 aromatic rings. The molecule has 10 nitrogen and oxygen atoms in total. The van der Waals surface area contributed by atoms with Crippen molar-refractivity contribution in [1.29, 1.82) is 0 Å². The third kappa shape index (κ3) is 13.7. The zero-order valence-electron chi connectivity index (χ0n) is 36.6. The summed E-state index contributed by atoms with van der Waals surface area (Å²) in [5, 5.41) is 6.23. The van der Waals surface area contributed by atoms with Gasteiger partial charge in [-0.15, -0.1) is 0 Å². The number of nitrogens with zero attached hydrogens (tertiary/aromatic N) is 4. The van der Waals surface area contributed by atoms with Crippen molar-refractivity contribution in [1.82, 2.24) is 30.4 Å². The quantitative estimate of drug-likeness (QED) is 0.0930. The monoisotopic (exact) mass is 902 g/mol. The smallest absolute Gasteiger partial charge is 0.224 e. The highest BCUT2D eigenvalue weighted by molar-refractivity contribution is 5.80. The Labute approximate surface area is 383 Å². The molecule has 66 heavy (non-hydrogen) atoms. The van der Waals surface area contributed by atoms with Crippen LogP contribution in [0.3, 0.4) is 0 Å². The average Bonchev–Trinajstić information content (AvgIpc) is 3.35. The van der Waals surface area contributed by atoms with E-state index in [2.05, 4.69) is 30.4 Å². The van der Waals surface area contributed by atoms with Crippen LogP contribution in [-0.2, 0) is 9.59 Å². The van der Waals surface area contributed by atoms with Crippen molar-refractivity contribution in [3.8, 4) is 11.5 Å². The summed E-state index contributed by atoms with van der Waals surface area (Å²) >= 11 is 0. The first-order valence-corrected chi connectivity index (χ1v) is 22.3. The molecule has 0 bridgehead atoms. The number of pyridine rings is 2. The van der Waals surface area contributed by atoms with Crippen LogP contribution < -0.4 is 20.1 Å². The molecule has 2 fully saturated rings. The van der Waals surface area contributed by atoms with E-state index in [0.717, 1.165) is 63.0 Å². The van der Waals surface area contributed by atoms with Gasteiger partial charge >= 0.3 is 0 Å². The Morgan fingerprint density at radius 1 is 0.515 bits per heavy atom. The maximum atomic E-state index is 13.7. The van der Waals surface area contributed by atoms with Crippen molar-refractivity contribution in [3.63, 3.8) is 0 Å². The van der Waals surface area contributed by atoms with Gasteiger partial charge in [0.1, 0.15) is 24.8 Å². The van der Waals surface area contributed by atoms with Gasteiger partial charge in [-0.3, -0.25) is 29.4 Å². The second-order valence-corrected chi connectivity index (χ2v) is 16.3. The molecule has 2 unspecified atom stereocenters. The van der Waals surface area contributed by atoms with Crippen LogP contribution in [0.2, 0.25) is 0 Å². The molecule has 0 radical (unpaired) electrons. The molecule has 2 saturated heterocycles. The number of hydrogen-bond acceptors (Lipinski definition) is 8. The second-order valence-electron chi connectivity index (χ2n) is 16.3. The lowest BCUT2D eigenvalue weighted by molar-refractivity contribution is -0.127. The number of ether oxygens (including phenoxy) is 2. The number of rotatable bonds is 16. The van der Waals surface area contributed by atoms with E-state index in [1.807, 2.05) is 36.4 Å². The van der Waals surface area contributed by atoms with Gasteiger partial charge in [0.15, 0.2) is 23.1 Å². The molecule has 2 aromatic heterocycles. The van der Waals surface area contributed by atoms with E-state index in [1.165, 1.54) is 36.4 Å². The number of amides is 2. The molecule has 2 N–H and O–H groups in total. The number of para-hydroxylation sites is 2. The lowest BCUT2D eigenvalue weighted by atomic mass is 9.94. The van der Waals surface area contributed by atoms with Crippen LogP contribution in [0.25, 0.3) is 0 Å². The number of carbonyl (C=O) groups excluding carboxylic acids is 2. The zero-order valence-corrected chi connectivity index (χ0v) is 36.6. The summed E-state index contributed by atoms with van der Waals surface area (Å²) < 4.78 is 65.2. The lowest BCUT2D eigenvalue weighted by Gasteiger charge is -2.32. The molecular formula is C52H54F4N6O4. The molecule has 0 aliphatic carbocycles. The van der Waals surface area contributed by atoms with E-state index >= 15 is 0 Å². The van der Waals surface area contributed by atoms with Crippen molar-refractivity contribution in [2.24, 2.45) is 11.8 Å². The first kappa shape index (κ1) is 47.3. The largest absolute Gasteiger partial charge is 0.489 e. The van der Waals surface area contributed by atoms with E-state index in [9.17, 15) is 27.2 Å². The number of halogens is 4. The number of piperidine rings is 2. The predicted octanol–water partition coefficient (Wildman–Crippen LogP) is 8.71. The van der Waals surface area contributed by atoms with Crippen LogP contribution in [0.5, 0.6) is 11.5 Å². The Kier molecular flexibility index (Phi) is 17.2. The topological polar surface area (TPSA) is 109 Å². The summed E-state index contributed by atoms with van der Waals surface area (Å²) in [7, 11) is 0. The Bertz CT molecular complexity index is 2250. The number of benzene rings is 4. The molecule has 4 aromatic carbocycles. The van der Waals surface area contributed by atoms with Gasteiger partial charge in [0.25, 0.3) is 0 Å². The van der Waals surface area contributed by atoms with Gasteiger partial charge in [-0.05, 0) is 136 Å². The van der Waals surface area contributed by atoms with Crippen molar-refractivity contribution in [2.75, 3.05) is 52.5 Å². The summed E-state index contributed by atoms with van der Waals surface area (Å²) in [4.78, 5) is 39.4. The van der Waals surface area contributed by atoms with Crippen LogP contribution in [0.15, 0.2) is 146 Å². The van der Waals surface area contributed by atoms with Gasteiger partial charge in [-0.1, -0.05) is 60.7 Å². The normalized spacial score (nSPS) is 15.7. The molecule has 0 saturated carbocycles. The highest BCUT2D eigenvalue weighted by Crippen LogP contribution is 2.26. The molecule has 2 atom stereocenters. The van der Waals surface area contributed by atoms with Gasteiger partial charge in [-0.2, -0.15) is 0 Å². The van der Waals surface area contributed by atoms with Crippen molar-refractivity contribution >= 4 is 11.8 Å². The van der Waals surface area contributed by atoms with Crippen LogP contribution >= 0.6 is 0 Å². The standard InChI is InChI=1S/2C26H27F2N3O2/c2*27-21-10-8-19(9-11-21)25(23-6-3-4-14-29-23)30-26(32)20-12-15-31(16-13-20)17-18-33-24-7-2-1-5-22(24)28/h2*1-11,14,20,25H,12-13,15-18H2,(H,30,32). The molecule has 2 aliphatic rings. The minimum absolute atomic E-state index is 0.0303. The van der Waals surface area contributed by atoms with Gasteiger partial charge in [0.2, 0.25) is 11.8 Å². The molecular weight excluding hydrogens is 849 g/mol. The van der Waals surface area contributed by atoms with Crippen LogP contribution in [0.4, 0.5) is 17.6 Å². The minimum atomic E-state index is -0.438. The van der Waals surface area contributed by atoms with E-state index in [4.69, 9.17) is 9.47 Å². The van der Waals surface area contributed by atoms with Gasteiger partial charge in [-0.25, -0.2) is 17.6 Å². The third-order valence-corrected chi connectivity index (χ3v) is 11.9. The van der Waals surface area contributed by atoms with Gasteiger partial charge < -0.3 is 20.1 Å². The van der Waals surface area contributed by atoms with Crippen LogP contribution in [0, 0.1) is 35.1 Å². The summed E-state index contributed by atoms with van der Waals surface area (Å²) in [6, 6.07) is 35.2. The number of aromatic nitrogens is 2. The molecule has 2 aliphatic heterocycles. The Balaban J connectivity index is 0.000000196. The highest BCUT2D eigenvalue weighted by atomic mass is 19.1. The second kappa shape index (κ2) is 24.0. The summed E-state index contributed by atoms with van der Waals surface area (Å²) in [5.74, 6) is -1.14. The molecule has 344 valence electrons. The van der Waals surface area contributed by atoms with E-state index < -0.39 is 12.1 Å².